The Labute approximate surface area is 97.3 Å². The van der Waals surface area contributed by atoms with Gasteiger partial charge in [0.2, 0.25) is 0 Å². The van der Waals surface area contributed by atoms with Crippen molar-refractivity contribution in [2.45, 2.75) is 46.0 Å². The van der Waals surface area contributed by atoms with Crippen molar-refractivity contribution in [2.75, 3.05) is 0 Å². The SMILES string of the molecule is Cc1ccc(C(C)C)c(C(C)CC=O)c1O. The van der Waals surface area contributed by atoms with Crippen molar-refractivity contribution in [3.63, 3.8) is 0 Å². The lowest BCUT2D eigenvalue weighted by Crippen LogP contribution is -2.03. The average molecular weight is 220 g/mol. The first kappa shape index (κ1) is 12.8. The second kappa shape index (κ2) is 5.15. The summed E-state index contributed by atoms with van der Waals surface area (Å²) in [6.45, 7) is 8.06. The normalized spacial score (nSPS) is 12.8. The predicted molar refractivity (Wildman–Crippen MR) is 66.0 cm³/mol. The van der Waals surface area contributed by atoms with Gasteiger partial charge in [0.25, 0.3) is 0 Å². The molecule has 1 N–H and O–H groups in total. The highest BCUT2D eigenvalue weighted by Crippen LogP contribution is 2.36. The van der Waals surface area contributed by atoms with Gasteiger partial charge < -0.3 is 9.90 Å². The minimum Gasteiger partial charge on any atom is -0.507 e. The van der Waals surface area contributed by atoms with E-state index >= 15 is 0 Å². The number of aromatic hydroxyl groups is 1. The van der Waals surface area contributed by atoms with Crippen LogP contribution in [-0.2, 0) is 4.79 Å². The molecule has 1 atom stereocenters. The minimum atomic E-state index is 0.0785. The minimum absolute atomic E-state index is 0.0785. The summed E-state index contributed by atoms with van der Waals surface area (Å²) in [6.07, 6.45) is 1.37. The fourth-order valence-corrected chi connectivity index (χ4v) is 2.02. The van der Waals surface area contributed by atoms with Crippen molar-refractivity contribution in [3.8, 4) is 5.75 Å². The topological polar surface area (TPSA) is 37.3 Å². The molecule has 0 fully saturated rings. The Kier molecular flexibility index (Phi) is 4.11. The van der Waals surface area contributed by atoms with E-state index in [1.807, 2.05) is 19.9 Å². The van der Waals surface area contributed by atoms with Crippen LogP contribution in [0, 0.1) is 6.92 Å². The number of hydrogen-bond donors (Lipinski definition) is 1. The molecule has 2 heteroatoms. The first-order chi connectivity index (χ1) is 7.49. The first-order valence-electron chi connectivity index (χ1n) is 5.75. The van der Waals surface area contributed by atoms with E-state index in [-0.39, 0.29) is 5.92 Å². The smallest absolute Gasteiger partial charge is 0.122 e. The quantitative estimate of drug-likeness (QED) is 0.788. The molecular weight excluding hydrogens is 200 g/mol. The van der Waals surface area contributed by atoms with Crippen molar-refractivity contribution in [1.29, 1.82) is 0 Å². The Hall–Kier alpha value is -1.31. The average Bonchev–Trinajstić information content (AvgIpc) is 2.21. The predicted octanol–water partition coefficient (Wildman–Crippen LogP) is 3.52. The summed E-state index contributed by atoms with van der Waals surface area (Å²) in [6, 6.07) is 3.98. The zero-order valence-electron chi connectivity index (χ0n) is 10.4. The van der Waals surface area contributed by atoms with E-state index in [0.29, 0.717) is 18.1 Å². The van der Waals surface area contributed by atoms with Crippen LogP contribution < -0.4 is 0 Å². The monoisotopic (exact) mass is 220 g/mol. The largest absolute Gasteiger partial charge is 0.507 e. The molecule has 1 rings (SSSR count). The number of carbonyl (C=O) groups excluding carboxylic acids is 1. The van der Waals surface area contributed by atoms with Crippen LogP contribution in [0.1, 0.15) is 55.7 Å². The van der Waals surface area contributed by atoms with Gasteiger partial charge in [-0.15, -0.1) is 0 Å². The Morgan fingerprint density at radius 1 is 1.31 bits per heavy atom. The summed E-state index contributed by atoms with van der Waals surface area (Å²) in [5.74, 6) is 0.783. The van der Waals surface area contributed by atoms with E-state index in [0.717, 1.165) is 23.0 Å². The maximum absolute atomic E-state index is 10.6. The molecule has 2 nitrogen and oxygen atoms in total. The van der Waals surface area contributed by atoms with Gasteiger partial charge in [-0.25, -0.2) is 0 Å². The second-order valence-corrected chi connectivity index (χ2v) is 4.69. The standard InChI is InChI=1S/C14H20O2/c1-9(2)12-6-5-11(4)14(16)13(12)10(3)7-8-15/h5-6,8-10,16H,7H2,1-4H3. The zero-order chi connectivity index (χ0) is 12.3. The van der Waals surface area contributed by atoms with E-state index in [9.17, 15) is 9.90 Å². The fourth-order valence-electron chi connectivity index (χ4n) is 2.02. The molecule has 0 aliphatic carbocycles. The van der Waals surface area contributed by atoms with Gasteiger partial charge in [-0.1, -0.05) is 32.9 Å². The van der Waals surface area contributed by atoms with Crippen LogP contribution in [0.4, 0.5) is 0 Å². The third-order valence-corrected chi connectivity index (χ3v) is 3.02. The highest BCUT2D eigenvalue weighted by molar-refractivity contribution is 5.55. The van der Waals surface area contributed by atoms with Crippen LogP contribution in [0.15, 0.2) is 12.1 Å². The first-order valence-corrected chi connectivity index (χ1v) is 5.75. The van der Waals surface area contributed by atoms with Crippen molar-refractivity contribution < 1.29 is 9.90 Å². The summed E-state index contributed by atoms with van der Waals surface area (Å²) < 4.78 is 0. The number of phenolic OH excluding ortho intramolecular Hbond substituents is 1. The molecule has 1 unspecified atom stereocenters. The van der Waals surface area contributed by atoms with Gasteiger partial charge in [-0.2, -0.15) is 0 Å². The molecule has 88 valence electrons. The van der Waals surface area contributed by atoms with Gasteiger partial charge >= 0.3 is 0 Å². The molecule has 0 bridgehead atoms. The Morgan fingerprint density at radius 2 is 1.94 bits per heavy atom. The highest BCUT2D eigenvalue weighted by Gasteiger charge is 2.18. The molecular formula is C14H20O2. The number of hydrogen-bond acceptors (Lipinski definition) is 2. The molecule has 0 aliphatic rings. The third-order valence-electron chi connectivity index (χ3n) is 3.02. The van der Waals surface area contributed by atoms with Crippen molar-refractivity contribution in [3.05, 3.63) is 28.8 Å². The van der Waals surface area contributed by atoms with Gasteiger partial charge in [-0.3, -0.25) is 0 Å². The van der Waals surface area contributed by atoms with Gasteiger partial charge in [0.1, 0.15) is 12.0 Å². The van der Waals surface area contributed by atoms with E-state index in [2.05, 4.69) is 19.9 Å². The van der Waals surface area contributed by atoms with Crippen molar-refractivity contribution >= 4 is 6.29 Å². The lowest BCUT2D eigenvalue weighted by molar-refractivity contribution is -0.108. The van der Waals surface area contributed by atoms with Crippen LogP contribution >= 0.6 is 0 Å². The number of carbonyl (C=O) groups is 1. The molecule has 16 heavy (non-hydrogen) atoms. The second-order valence-electron chi connectivity index (χ2n) is 4.69. The van der Waals surface area contributed by atoms with Crippen LogP contribution in [0.5, 0.6) is 5.75 Å². The molecule has 1 aromatic rings. The fraction of sp³-hybridized carbons (Fsp3) is 0.500. The summed E-state index contributed by atoms with van der Waals surface area (Å²) in [7, 11) is 0. The zero-order valence-corrected chi connectivity index (χ0v) is 10.4. The number of phenols is 1. The summed E-state index contributed by atoms with van der Waals surface area (Å²) in [5, 5.41) is 10.1. The maximum Gasteiger partial charge on any atom is 0.122 e. The van der Waals surface area contributed by atoms with Crippen LogP contribution in [0.25, 0.3) is 0 Å². The highest BCUT2D eigenvalue weighted by atomic mass is 16.3. The molecule has 0 heterocycles. The summed E-state index contributed by atoms with van der Waals surface area (Å²) >= 11 is 0. The molecule has 0 radical (unpaired) electrons. The summed E-state index contributed by atoms with van der Waals surface area (Å²) in [5.41, 5.74) is 2.94. The van der Waals surface area contributed by atoms with Gasteiger partial charge in [0, 0.05) is 12.0 Å². The van der Waals surface area contributed by atoms with Crippen LogP contribution in [0.3, 0.4) is 0 Å². The number of benzene rings is 1. The van der Waals surface area contributed by atoms with Crippen molar-refractivity contribution in [2.24, 2.45) is 0 Å². The number of rotatable bonds is 4. The molecule has 0 aliphatic heterocycles. The van der Waals surface area contributed by atoms with Gasteiger partial charge in [0.05, 0.1) is 0 Å². The van der Waals surface area contributed by atoms with E-state index < -0.39 is 0 Å². The van der Waals surface area contributed by atoms with Gasteiger partial charge in [-0.05, 0) is 29.9 Å². The Morgan fingerprint density at radius 3 is 2.44 bits per heavy atom. The molecule has 0 spiro atoms. The van der Waals surface area contributed by atoms with E-state index in [1.54, 1.807) is 0 Å². The van der Waals surface area contributed by atoms with E-state index in [4.69, 9.17) is 0 Å². The molecule has 0 saturated heterocycles. The Bertz CT molecular complexity index is 381. The van der Waals surface area contributed by atoms with Crippen molar-refractivity contribution in [1.82, 2.24) is 0 Å². The number of aldehydes is 1. The van der Waals surface area contributed by atoms with Crippen LogP contribution in [-0.4, -0.2) is 11.4 Å². The molecule has 1 aromatic carbocycles. The lowest BCUT2D eigenvalue weighted by Gasteiger charge is -2.20. The maximum atomic E-state index is 10.6. The third kappa shape index (κ3) is 2.43. The lowest BCUT2D eigenvalue weighted by atomic mass is 9.86. The number of aryl methyl sites for hydroxylation is 1. The molecule has 0 saturated carbocycles. The summed E-state index contributed by atoms with van der Waals surface area (Å²) in [4.78, 5) is 10.6. The molecule has 0 aromatic heterocycles. The van der Waals surface area contributed by atoms with Crippen LogP contribution in [0.2, 0.25) is 0 Å². The Balaban J connectivity index is 3.30. The molecule has 0 amide bonds. The van der Waals surface area contributed by atoms with E-state index in [1.165, 1.54) is 0 Å². The van der Waals surface area contributed by atoms with Gasteiger partial charge in [0.15, 0.2) is 0 Å².